The molecule has 204 valence electrons. The average Bonchev–Trinajstić information content (AvgIpc) is 3.27. The van der Waals surface area contributed by atoms with E-state index in [1.807, 2.05) is 12.1 Å². The van der Waals surface area contributed by atoms with Crippen LogP contribution >= 0.6 is 0 Å². The first-order valence-electron chi connectivity index (χ1n) is 14.5. The lowest BCUT2D eigenvalue weighted by molar-refractivity contribution is 0.490. The van der Waals surface area contributed by atoms with Crippen molar-refractivity contribution in [3.8, 4) is 0 Å². The summed E-state index contributed by atoms with van der Waals surface area (Å²) in [5.41, 5.74) is 11.2. The highest BCUT2D eigenvalue weighted by Crippen LogP contribution is 2.58. The monoisotopic (exact) mass is 533 g/mol. The van der Waals surface area contributed by atoms with Crippen LogP contribution in [0, 0.1) is 5.92 Å². The van der Waals surface area contributed by atoms with E-state index in [1.165, 1.54) is 39.0 Å². The third-order valence-corrected chi connectivity index (χ3v) is 8.21. The molecule has 0 bridgehead atoms. The topological polar surface area (TPSA) is 12.0 Å². The molecule has 0 radical (unpaired) electrons. The van der Waals surface area contributed by atoms with Gasteiger partial charge in [0.05, 0.1) is 5.41 Å². The van der Waals surface area contributed by atoms with Gasteiger partial charge in [-0.2, -0.15) is 0 Å². The molecule has 41 heavy (non-hydrogen) atoms. The normalized spacial score (nSPS) is 22.5. The first-order chi connectivity index (χ1) is 20.0. The highest BCUT2D eigenvalue weighted by molar-refractivity contribution is 5.92. The summed E-state index contributed by atoms with van der Waals surface area (Å²) < 4.78 is 0. The van der Waals surface area contributed by atoms with Crippen molar-refractivity contribution in [2.45, 2.75) is 32.1 Å². The molecule has 0 amide bonds. The number of hydrogen-bond donors (Lipinski definition) is 1. The van der Waals surface area contributed by atoms with Crippen molar-refractivity contribution >= 4 is 16.8 Å². The Balaban J connectivity index is 1.59. The lowest BCUT2D eigenvalue weighted by Crippen LogP contribution is -2.35. The van der Waals surface area contributed by atoms with Crippen LogP contribution < -0.4 is 5.32 Å². The molecule has 1 nitrogen and oxygen atoms in total. The standard InChI is InChI=1S/C40H39N/c1-6-16-32(33-19-11-9-12-20-33)25-24-30(4)41-35-27-26-34-21-13-8-10-18-29(3)40(39(34)28-35)37(17-7-2)31(5)36-22-14-15-23-38(36)40/h7-20,22-29,41H,2,4-6,21H2,1,3H3/b13-8-,18-10-,25-24-,32-16+,37-17+. The minimum atomic E-state index is -0.390. The predicted octanol–water partition coefficient (Wildman–Crippen LogP) is 10.4. The number of anilines is 1. The third kappa shape index (κ3) is 5.28. The average molecular weight is 534 g/mol. The molecule has 0 aromatic heterocycles. The largest absolute Gasteiger partial charge is 0.356 e. The van der Waals surface area contributed by atoms with Crippen LogP contribution in [0.5, 0.6) is 0 Å². The summed E-state index contributed by atoms with van der Waals surface area (Å²) in [6.07, 6.45) is 21.3. The van der Waals surface area contributed by atoms with E-state index < -0.39 is 0 Å². The molecule has 0 saturated carbocycles. The van der Waals surface area contributed by atoms with Crippen molar-refractivity contribution in [1.29, 1.82) is 0 Å². The fourth-order valence-electron chi connectivity index (χ4n) is 6.39. The van der Waals surface area contributed by atoms with Gasteiger partial charge in [-0.25, -0.2) is 0 Å². The molecule has 1 spiro atoms. The van der Waals surface area contributed by atoms with Crippen LogP contribution in [-0.4, -0.2) is 0 Å². The number of hydrogen-bond acceptors (Lipinski definition) is 1. The molecular weight excluding hydrogens is 494 g/mol. The Kier molecular flexibility index (Phi) is 8.36. The molecule has 2 aliphatic rings. The predicted molar refractivity (Wildman–Crippen MR) is 179 cm³/mol. The fraction of sp³-hybridized carbons (Fsp3) is 0.150. The summed E-state index contributed by atoms with van der Waals surface area (Å²) in [6, 6.07) is 26.0. The summed E-state index contributed by atoms with van der Waals surface area (Å²) in [4.78, 5) is 0. The van der Waals surface area contributed by atoms with Gasteiger partial charge < -0.3 is 5.32 Å². The maximum atomic E-state index is 4.58. The van der Waals surface area contributed by atoms with Crippen LogP contribution in [0.1, 0.15) is 48.1 Å². The maximum Gasteiger partial charge on any atom is 0.0526 e. The molecule has 0 heterocycles. The number of fused-ring (bicyclic) bond motifs is 4. The van der Waals surface area contributed by atoms with Crippen LogP contribution in [0.4, 0.5) is 5.69 Å². The van der Waals surface area contributed by atoms with E-state index in [1.54, 1.807) is 0 Å². The Hall–Kier alpha value is -4.62. The molecule has 1 N–H and O–H groups in total. The van der Waals surface area contributed by atoms with E-state index in [2.05, 4.69) is 154 Å². The van der Waals surface area contributed by atoms with Crippen molar-refractivity contribution in [3.63, 3.8) is 0 Å². The van der Waals surface area contributed by atoms with Gasteiger partial charge in [0.1, 0.15) is 0 Å². The highest BCUT2D eigenvalue weighted by atomic mass is 14.9. The second kappa shape index (κ2) is 12.3. The van der Waals surface area contributed by atoms with Gasteiger partial charge in [-0.3, -0.25) is 0 Å². The second-order valence-electron chi connectivity index (χ2n) is 10.7. The van der Waals surface area contributed by atoms with E-state index in [0.717, 1.165) is 29.8 Å². The molecule has 2 unspecified atom stereocenters. The van der Waals surface area contributed by atoms with Crippen molar-refractivity contribution in [2.24, 2.45) is 5.92 Å². The Bertz CT molecular complexity index is 1620. The van der Waals surface area contributed by atoms with Gasteiger partial charge in [0.2, 0.25) is 0 Å². The summed E-state index contributed by atoms with van der Waals surface area (Å²) in [5.74, 6) is 0.182. The van der Waals surface area contributed by atoms with Gasteiger partial charge >= 0.3 is 0 Å². The van der Waals surface area contributed by atoms with E-state index in [4.69, 9.17) is 0 Å². The van der Waals surface area contributed by atoms with Crippen molar-refractivity contribution in [3.05, 3.63) is 186 Å². The Morgan fingerprint density at radius 3 is 2.54 bits per heavy atom. The van der Waals surface area contributed by atoms with Crippen LogP contribution in [0.3, 0.4) is 0 Å². The smallest absolute Gasteiger partial charge is 0.0526 e. The van der Waals surface area contributed by atoms with Crippen LogP contribution in [0.2, 0.25) is 0 Å². The van der Waals surface area contributed by atoms with Crippen molar-refractivity contribution in [1.82, 2.24) is 0 Å². The summed E-state index contributed by atoms with van der Waals surface area (Å²) in [5, 5.41) is 3.59. The number of benzene rings is 3. The number of allylic oxidation sites excluding steroid dienone is 12. The minimum absolute atomic E-state index is 0.182. The summed E-state index contributed by atoms with van der Waals surface area (Å²) in [7, 11) is 0. The molecule has 0 saturated heterocycles. The number of nitrogens with one attached hydrogen (secondary N) is 1. The zero-order valence-electron chi connectivity index (χ0n) is 24.2. The Labute approximate surface area is 246 Å². The lowest BCUT2D eigenvalue weighted by atomic mass is 9.63. The van der Waals surface area contributed by atoms with Gasteiger partial charge in [-0.1, -0.05) is 143 Å². The molecule has 1 heteroatoms. The van der Waals surface area contributed by atoms with Gasteiger partial charge in [0.15, 0.2) is 0 Å². The molecule has 0 aliphatic heterocycles. The van der Waals surface area contributed by atoms with Crippen LogP contribution in [0.25, 0.3) is 11.1 Å². The highest BCUT2D eigenvalue weighted by Gasteiger charge is 2.50. The van der Waals surface area contributed by atoms with Gasteiger partial charge in [-0.05, 0) is 81.5 Å². The van der Waals surface area contributed by atoms with E-state index in [9.17, 15) is 0 Å². The van der Waals surface area contributed by atoms with Gasteiger partial charge in [0, 0.05) is 11.4 Å². The van der Waals surface area contributed by atoms with Gasteiger partial charge in [-0.15, -0.1) is 0 Å². The number of rotatable bonds is 7. The van der Waals surface area contributed by atoms with Crippen molar-refractivity contribution < 1.29 is 0 Å². The zero-order chi connectivity index (χ0) is 28.8. The molecule has 2 aliphatic carbocycles. The summed E-state index contributed by atoms with van der Waals surface area (Å²) in [6.45, 7) is 17.5. The SMILES string of the molecule is C=C/C=C1\C(=C)c2ccccc2C12c1cc(NC(=C)/C=C\C(=C/CC)c3ccccc3)ccc1C/C=C\C=C/C2C. The van der Waals surface area contributed by atoms with Crippen molar-refractivity contribution in [2.75, 3.05) is 5.32 Å². The Morgan fingerprint density at radius 1 is 0.976 bits per heavy atom. The molecule has 5 rings (SSSR count). The Morgan fingerprint density at radius 2 is 1.76 bits per heavy atom. The minimum Gasteiger partial charge on any atom is -0.356 e. The summed E-state index contributed by atoms with van der Waals surface area (Å²) >= 11 is 0. The third-order valence-electron chi connectivity index (χ3n) is 8.21. The quantitative estimate of drug-likeness (QED) is 0.298. The van der Waals surface area contributed by atoms with Crippen LogP contribution in [-0.2, 0) is 11.8 Å². The molecule has 3 aromatic carbocycles. The van der Waals surface area contributed by atoms with E-state index >= 15 is 0 Å². The first-order valence-corrected chi connectivity index (χ1v) is 14.5. The molecular formula is C40H39N. The zero-order valence-corrected chi connectivity index (χ0v) is 24.2. The first kappa shape index (κ1) is 27.9. The second-order valence-corrected chi connectivity index (χ2v) is 10.7. The molecule has 0 fully saturated rings. The van der Waals surface area contributed by atoms with E-state index in [0.29, 0.717) is 0 Å². The lowest BCUT2D eigenvalue weighted by Gasteiger charge is -2.39. The molecule has 2 atom stereocenters. The molecule has 3 aromatic rings. The maximum absolute atomic E-state index is 4.58. The van der Waals surface area contributed by atoms with Crippen LogP contribution in [0.15, 0.2) is 158 Å². The van der Waals surface area contributed by atoms with Gasteiger partial charge in [0.25, 0.3) is 0 Å². The fourth-order valence-corrected chi connectivity index (χ4v) is 6.39. The van der Waals surface area contributed by atoms with E-state index in [-0.39, 0.29) is 11.3 Å².